The second kappa shape index (κ2) is 2.21. The van der Waals surface area contributed by atoms with E-state index >= 15 is 0 Å². The van der Waals surface area contributed by atoms with Gasteiger partial charge >= 0.3 is 5.97 Å². The first kappa shape index (κ1) is 7.10. The molecule has 2 aliphatic rings. The van der Waals surface area contributed by atoms with E-state index in [2.05, 4.69) is 0 Å². The molecule has 0 unspecified atom stereocenters. The van der Waals surface area contributed by atoms with Gasteiger partial charge in [0.1, 0.15) is 0 Å². The maximum absolute atomic E-state index is 11.0. The van der Waals surface area contributed by atoms with Crippen molar-refractivity contribution in [2.75, 3.05) is 0 Å². The fraction of sp³-hybridized carbons (Fsp3) is 0.875. The van der Waals surface area contributed by atoms with E-state index in [1.54, 1.807) is 0 Å². The first-order chi connectivity index (χ1) is 5.18. The average molecular weight is 156 g/mol. The molecule has 0 aliphatic carbocycles. The zero-order valence-electron chi connectivity index (χ0n) is 6.63. The third-order valence-corrected chi connectivity index (χ3v) is 2.30. The van der Waals surface area contributed by atoms with E-state index in [0.29, 0.717) is 6.42 Å². The highest BCUT2D eigenvalue weighted by Crippen LogP contribution is 2.35. The Bertz CT molecular complexity index is 190. The van der Waals surface area contributed by atoms with Crippen molar-refractivity contribution >= 4 is 5.97 Å². The Hall–Kier alpha value is -0.570. The van der Waals surface area contributed by atoms with Crippen molar-refractivity contribution in [3.63, 3.8) is 0 Å². The minimum atomic E-state index is -0.599. The van der Waals surface area contributed by atoms with E-state index in [0.717, 1.165) is 19.3 Å². The van der Waals surface area contributed by atoms with E-state index in [9.17, 15) is 4.79 Å². The zero-order valence-corrected chi connectivity index (χ0v) is 6.63. The van der Waals surface area contributed by atoms with Crippen LogP contribution in [0, 0.1) is 0 Å². The van der Waals surface area contributed by atoms with Gasteiger partial charge in [0.2, 0.25) is 5.79 Å². The van der Waals surface area contributed by atoms with Gasteiger partial charge in [-0.1, -0.05) is 0 Å². The number of hydrogen-bond acceptors (Lipinski definition) is 3. The van der Waals surface area contributed by atoms with Crippen LogP contribution in [0.5, 0.6) is 0 Å². The first-order valence-corrected chi connectivity index (χ1v) is 4.08. The van der Waals surface area contributed by atoms with Crippen LogP contribution >= 0.6 is 0 Å². The topological polar surface area (TPSA) is 35.5 Å². The van der Waals surface area contributed by atoms with Gasteiger partial charge < -0.3 is 9.47 Å². The first-order valence-electron chi connectivity index (χ1n) is 4.08. The number of fused-ring (bicyclic) bond motifs is 2. The minimum absolute atomic E-state index is 0.108. The van der Waals surface area contributed by atoms with Gasteiger partial charge in [-0.15, -0.1) is 0 Å². The van der Waals surface area contributed by atoms with Crippen LogP contribution in [-0.2, 0) is 14.3 Å². The smallest absolute Gasteiger partial charge is 0.310 e. The Morgan fingerprint density at radius 3 is 3.18 bits per heavy atom. The molecule has 0 saturated carbocycles. The molecule has 2 fully saturated rings. The molecule has 2 aliphatic heterocycles. The highest BCUT2D eigenvalue weighted by molar-refractivity contribution is 5.71. The van der Waals surface area contributed by atoms with Crippen LogP contribution < -0.4 is 0 Å². The van der Waals surface area contributed by atoms with Crippen LogP contribution in [-0.4, -0.2) is 17.9 Å². The lowest BCUT2D eigenvalue weighted by Gasteiger charge is -2.41. The second-order valence-corrected chi connectivity index (χ2v) is 3.44. The van der Waals surface area contributed by atoms with Gasteiger partial charge in [0.25, 0.3) is 0 Å². The Labute approximate surface area is 65.7 Å². The van der Waals surface area contributed by atoms with Gasteiger partial charge in [0.15, 0.2) is 0 Å². The van der Waals surface area contributed by atoms with Crippen LogP contribution in [0.25, 0.3) is 0 Å². The number of ether oxygens (including phenoxy) is 2. The molecule has 0 amide bonds. The molecule has 62 valence electrons. The maximum atomic E-state index is 11.0. The molecule has 0 radical (unpaired) electrons. The Kier molecular flexibility index (Phi) is 1.42. The average Bonchev–Trinajstić information content (AvgIpc) is 1.82. The number of rotatable bonds is 0. The molecule has 11 heavy (non-hydrogen) atoms. The number of carbonyl (C=O) groups is 1. The van der Waals surface area contributed by atoms with Crippen molar-refractivity contribution in [2.24, 2.45) is 0 Å². The molecular formula is C8H12O3. The second-order valence-electron chi connectivity index (χ2n) is 3.44. The van der Waals surface area contributed by atoms with Crippen molar-refractivity contribution in [1.29, 1.82) is 0 Å². The van der Waals surface area contributed by atoms with Crippen molar-refractivity contribution < 1.29 is 14.3 Å². The number of hydrogen-bond donors (Lipinski definition) is 0. The lowest BCUT2D eigenvalue weighted by atomic mass is 9.98. The van der Waals surface area contributed by atoms with Crippen LogP contribution in [0.2, 0.25) is 0 Å². The fourth-order valence-corrected chi connectivity index (χ4v) is 1.81. The summed E-state index contributed by atoms with van der Waals surface area (Å²) < 4.78 is 10.6. The quantitative estimate of drug-likeness (QED) is 0.495. The summed E-state index contributed by atoms with van der Waals surface area (Å²) in [5.74, 6) is -0.707. The molecule has 2 rings (SSSR count). The summed E-state index contributed by atoms with van der Waals surface area (Å²) in [4.78, 5) is 11.0. The van der Waals surface area contributed by atoms with Gasteiger partial charge in [-0.05, 0) is 12.8 Å². The Balaban J connectivity index is 2.15. The highest BCUT2D eigenvalue weighted by atomic mass is 16.7. The van der Waals surface area contributed by atoms with E-state index in [4.69, 9.17) is 9.47 Å². The lowest BCUT2D eigenvalue weighted by molar-refractivity contribution is -0.282. The van der Waals surface area contributed by atoms with Gasteiger partial charge in [-0.25, -0.2) is 0 Å². The molecule has 0 spiro atoms. The molecule has 2 bridgehead atoms. The predicted octanol–water partition coefficient (Wildman–Crippen LogP) is 1.22. The zero-order chi connectivity index (χ0) is 7.90. The Morgan fingerprint density at radius 1 is 1.64 bits per heavy atom. The van der Waals surface area contributed by atoms with Gasteiger partial charge in [0, 0.05) is 13.3 Å². The SMILES string of the molecule is C[C@]12CCC[C@H](CC(=O)O1)O2. The summed E-state index contributed by atoms with van der Waals surface area (Å²) in [7, 11) is 0. The molecule has 0 aromatic carbocycles. The van der Waals surface area contributed by atoms with E-state index < -0.39 is 5.79 Å². The molecular weight excluding hydrogens is 144 g/mol. The fourth-order valence-electron chi connectivity index (χ4n) is 1.81. The summed E-state index contributed by atoms with van der Waals surface area (Å²) >= 11 is 0. The van der Waals surface area contributed by atoms with Crippen LogP contribution in [0.3, 0.4) is 0 Å². The summed E-state index contributed by atoms with van der Waals surface area (Å²) in [6.45, 7) is 1.84. The summed E-state index contributed by atoms with van der Waals surface area (Å²) in [6, 6.07) is 0. The number of esters is 1. The van der Waals surface area contributed by atoms with Crippen LogP contribution in [0.1, 0.15) is 32.6 Å². The molecule has 0 aromatic heterocycles. The van der Waals surface area contributed by atoms with Gasteiger partial charge in [0.05, 0.1) is 12.5 Å². The van der Waals surface area contributed by atoms with Gasteiger partial charge in [-0.3, -0.25) is 4.79 Å². The van der Waals surface area contributed by atoms with Crippen molar-refractivity contribution in [2.45, 2.75) is 44.5 Å². The predicted molar refractivity (Wildman–Crippen MR) is 37.8 cm³/mol. The molecule has 2 saturated heterocycles. The summed E-state index contributed by atoms with van der Waals surface area (Å²) in [5.41, 5.74) is 0. The maximum Gasteiger partial charge on any atom is 0.310 e. The van der Waals surface area contributed by atoms with E-state index in [-0.39, 0.29) is 12.1 Å². The molecule has 2 heterocycles. The minimum Gasteiger partial charge on any atom is -0.433 e. The molecule has 2 atom stereocenters. The number of carbonyl (C=O) groups excluding carboxylic acids is 1. The van der Waals surface area contributed by atoms with E-state index in [1.165, 1.54) is 0 Å². The van der Waals surface area contributed by atoms with Crippen molar-refractivity contribution in [1.82, 2.24) is 0 Å². The normalized spacial score (nSPS) is 43.4. The third-order valence-electron chi connectivity index (χ3n) is 2.30. The lowest BCUT2D eigenvalue weighted by Crippen LogP contribution is -2.47. The third kappa shape index (κ3) is 1.25. The molecule has 0 aromatic rings. The van der Waals surface area contributed by atoms with Crippen molar-refractivity contribution in [3.05, 3.63) is 0 Å². The monoisotopic (exact) mass is 156 g/mol. The molecule has 3 nitrogen and oxygen atoms in total. The highest BCUT2D eigenvalue weighted by Gasteiger charge is 2.41. The van der Waals surface area contributed by atoms with Crippen LogP contribution in [0.15, 0.2) is 0 Å². The van der Waals surface area contributed by atoms with Crippen molar-refractivity contribution in [3.8, 4) is 0 Å². The standard InChI is InChI=1S/C8H12O3/c1-8-4-2-3-6(10-8)5-7(9)11-8/h6H,2-5H2,1H3/t6-,8-/m1/s1. The Morgan fingerprint density at radius 2 is 2.45 bits per heavy atom. The molecule has 3 heteroatoms. The largest absolute Gasteiger partial charge is 0.433 e. The summed E-state index contributed by atoms with van der Waals surface area (Å²) in [6.07, 6.45) is 3.51. The molecule has 0 N–H and O–H groups in total. The van der Waals surface area contributed by atoms with Gasteiger partial charge in [-0.2, -0.15) is 0 Å². The summed E-state index contributed by atoms with van der Waals surface area (Å²) in [5, 5.41) is 0. The van der Waals surface area contributed by atoms with E-state index in [1.807, 2.05) is 6.92 Å². The van der Waals surface area contributed by atoms with Crippen LogP contribution in [0.4, 0.5) is 0 Å².